The van der Waals surface area contributed by atoms with Crippen molar-refractivity contribution < 1.29 is 23.0 Å². The molecule has 8 heteroatoms. The maximum Gasteiger partial charge on any atom is 0.410 e. The predicted molar refractivity (Wildman–Crippen MR) is 128 cm³/mol. The molecular formula is C25H31BrF2N2O3. The number of ether oxygens (including phenoxy) is 2. The van der Waals surface area contributed by atoms with E-state index in [1.165, 1.54) is 4.90 Å². The highest BCUT2D eigenvalue weighted by molar-refractivity contribution is 9.10. The molecule has 1 aliphatic rings. The molecular weight excluding hydrogens is 494 g/mol. The number of hydrogen-bond donors (Lipinski definition) is 1. The van der Waals surface area contributed by atoms with Crippen molar-refractivity contribution in [3.63, 3.8) is 0 Å². The minimum Gasteiger partial charge on any atom is -0.444 e. The first-order valence-electron chi connectivity index (χ1n) is 11.0. The highest BCUT2D eigenvalue weighted by Crippen LogP contribution is 2.32. The van der Waals surface area contributed by atoms with Crippen LogP contribution in [0.4, 0.5) is 19.3 Å². The Kier molecular flexibility index (Phi) is 8.00. The number of alkyl halides is 2. The standard InChI is InChI=1S/C25H31BrF2N2O3/c1-24(2,3)33-23(31)30-15-20(13-10-18-6-4-5-7-21(18)29)32-22(16-30)25(27,28)14-17-8-11-19(26)12-9-17/h4-9,11-12,20,22H,10,13-16,29H2,1-3H3/t20-,22+/m1/s1. The van der Waals surface area contributed by atoms with E-state index in [0.29, 0.717) is 24.1 Å². The van der Waals surface area contributed by atoms with Crippen LogP contribution >= 0.6 is 15.9 Å². The molecule has 1 fully saturated rings. The summed E-state index contributed by atoms with van der Waals surface area (Å²) in [5, 5.41) is 0. The summed E-state index contributed by atoms with van der Waals surface area (Å²) < 4.78 is 42.8. The minimum absolute atomic E-state index is 0.187. The van der Waals surface area contributed by atoms with Crippen molar-refractivity contribution in [3.05, 3.63) is 64.1 Å². The summed E-state index contributed by atoms with van der Waals surface area (Å²) in [5.41, 5.74) is 7.37. The van der Waals surface area contributed by atoms with Crippen LogP contribution in [0.25, 0.3) is 0 Å². The van der Waals surface area contributed by atoms with Gasteiger partial charge in [0, 0.05) is 16.6 Å². The lowest BCUT2D eigenvalue weighted by atomic mass is 9.99. The third kappa shape index (κ3) is 7.40. The Hall–Kier alpha value is -2.19. The van der Waals surface area contributed by atoms with E-state index in [2.05, 4.69) is 15.9 Å². The summed E-state index contributed by atoms with van der Waals surface area (Å²) in [7, 11) is 0. The van der Waals surface area contributed by atoms with Crippen LogP contribution in [0.3, 0.4) is 0 Å². The molecule has 5 nitrogen and oxygen atoms in total. The molecule has 1 aliphatic heterocycles. The number of rotatable bonds is 6. The van der Waals surface area contributed by atoms with Crippen LogP contribution in [-0.4, -0.2) is 47.8 Å². The summed E-state index contributed by atoms with van der Waals surface area (Å²) in [4.78, 5) is 14.1. The fourth-order valence-electron chi connectivity index (χ4n) is 3.77. The number of hydrogen-bond acceptors (Lipinski definition) is 4. The van der Waals surface area contributed by atoms with Gasteiger partial charge < -0.3 is 20.1 Å². The topological polar surface area (TPSA) is 64.8 Å². The molecule has 2 aromatic carbocycles. The number of nitrogens with zero attached hydrogens (tertiary/aromatic N) is 1. The van der Waals surface area contributed by atoms with Crippen LogP contribution < -0.4 is 5.73 Å². The number of nitrogens with two attached hydrogens (primary N) is 1. The summed E-state index contributed by atoms with van der Waals surface area (Å²) in [6, 6.07) is 14.2. The summed E-state index contributed by atoms with van der Waals surface area (Å²) >= 11 is 3.32. The second-order valence-electron chi connectivity index (χ2n) is 9.43. The molecule has 0 saturated carbocycles. The van der Waals surface area contributed by atoms with Gasteiger partial charge in [0.25, 0.3) is 5.92 Å². The number of anilines is 1. The lowest BCUT2D eigenvalue weighted by molar-refractivity contribution is -0.190. The van der Waals surface area contributed by atoms with E-state index < -0.39 is 36.2 Å². The highest BCUT2D eigenvalue weighted by Gasteiger charge is 2.46. The zero-order chi connectivity index (χ0) is 24.2. The number of carbonyl (C=O) groups is 1. The first-order chi connectivity index (χ1) is 15.4. The number of carbonyl (C=O) groups excluding carboxylic acids is 1. The molecule has 0 aliphatic carbocycles. The molecule has 2 aromatic rings. The molecule has 1 saturated heterocycles. The maximum atomic E-state index is 15.3. The van der Waals surface area contributed by atoms with Gasteiger partial charge in [-0.2, -0.15) is 0 Å². The van der Waals surface area contributed by atoms with E-state index in [1.807, 2.05) is 18.2 Å². The quantitative estimate of drug-likeness (QED) is 0.481. The van der Waals surface area contributed by atoms with Crippen molar-refractivity contribution in [1.82, 2.24) is 4.90 Å². The fourth-order valence-corrected chi connectivity index (χ4v) is 4.04. The molecule has 0 spiro atoms. The molecule has 180 valence electrons. The normalized spacial score (nSPS) is 19.4. The van der Waals surface area contributed by atoms with Gasteiger partial charge in [0.1, 0.15) is 11.7 Å². The van der Waals surface area contributed by atoms with Crippen LogP contribution in [0, 0.1) is 0 Å². The molecule has 2 N–H and O–H groups in total. The van der Waals surface area contributed by atoms with Gasteiger partial charge in [-0.3, -0.25) is 0 Å². The number of nitrogen functional groups attached to an aromatic ring is 1. The second kappa shape index (κ2) is 10.4. The molecule has 0 unspecified atom stereocenters. The molecule has 1 heterocycles. The Morgan fingerprint density at radius 1 is 1.15 bits per heavy atom. The van der Waals surface area contributed by atoms with Crippen molar-refractivity contribution in [1.29, 1.82) is 0 Å². The van der Waals surface area contributed by atoms with Crippen molar-refractivity contribution >= 4 is 27.7 Å². The molecule has 1 amide bonds. The first kappa shape index (κ1) is 25.4. The van der Waals surface area contributed by atoms with E-state index in [1.54, 1.807) is 51.1 Å². The Morgan fingerprint density at radius 3 is 2.45 bits per heavy atom. The minimum atomic E-state index is -3.17. The summed E-state index contributed by atoms with van der Waals surface area (Å²) in [6.45, 7) is 5.21. The fraction of sp³-hybridized carbons (Fsp3) is 0.480. The van der Waals surface area contributed by atoms with Crippen molar-refractivity contribution in [2.45, 2.75) is 63.8 Å². The largest absolute Gasteiger partial charge is 0.444 e. The zero-order valence-electron chi connectivity index (χ0n) is 19.2. The van der Waals surface area contributed by atoms with E-state index in [0.717, 1.165) is 10.0 Å². The SMILES string of the molecule is CC(C)(C)OC(=O)N1C[C@@H](CCc2ccccc2N)O[C@H](C(F)(F)Cc2ccc(Br)cc2)C1. The Labute approximate surface area is 202 Å². The van der Waals surface area contributed by atoms with Gasteiger partial charge in [0.05, 0.1) is 19.2 Å². The van der Waals surface area contributed by atoms with Crippen molar-refractivity contribution in [2.24, 2.45) is 0 Å². The average molecular weight is 525 g/mol. The van der Waals surface area contributed by atoms with E-state index >= 15 is 8.78 Å². The Bertz CT molecular complexity index is 947. The molecule has 3 rings (SSSR count). The lowest BCUT2D eigenvalue weighted by Gasteiger charge is -2.41. The third-order valence-corrected chi connectivity index (χ3v) is 5.96. The monoisotopic (exact) mass is 524 g/mol. The molecule has 0 radical (unpaired) electrons. The van der Waals surface area contributed by atoms with Crippen LogP contribution in [0.1, 0.15) is 38.3 Å². The maximum absolute atomic E-state index is 15.3. The van der Waals surface area contributed by atoms with Crippen molar-refractivity contribution in [3.8, 4) is 0 Å². The first-order valence-corrected chi connectivity index (χ1v) is 11.8. The smallest absolute Gasteiger partial charge is 0.410 e. The summed E-state index contributed by atoms with van der Waals surface area (Å²) in [5.74, 6) is -3.17. The number of benzene rings is 2. The van der Waals surface area contributed by atoms with Gasteiger partial charge in [0.15, 0.2) is 0 Å². The van der Waals surface area contributed by atoms with Gasteiger partial charge >= 0.3 is 6.09 Å². The van der Waals surface area contributed by atoms with Crippen LogP contribution in [0.5, 0.6) is 0 Å². The highest BCUT2D eigenvalue weighted by atomic mass is 79.9. The molecule has 0 bridgehead atoms. The Morgan fingerprint density at radius 2 is 1.82 bits per heavy atom. The van der Waals surface area contributed by atoms with Gasteiger partial charge in [-0.15, -0.1) is 0 Å². The van der Waals surface area contributed by atoms with Gasteiger partial charge in [-0.25, -0.2) is 13.6 Å². The number of morpholine rings is 1. The van der Waals surface area contributed by atoms with E-state index in [9.17, 15) is 4.79 Å². The zero-order valence-corrected chi connectivity index (χ0v) is 20.8. The lowest BCUT2D eigenvalue weighted by Crippen LogP contribution is -2.57. The number of amides is 1. The van der Waals surface area contributed by atoms with Gasteiger partial charge in [-0.05, 0) is 62.9 Å². The number of para-hydroxylation sites is 1. The van der Waals surface area contributed by atoms with Gasteiger partial charge in [-0.1, -0.05) is 46.3 Å². The van der Waals surface area contributed by atoms with Crippen molar-refractivity contribution in [2.75, 3.05) is 18.8 Å². The third-order valence-electron chi connectivity index (χ3n) is 5.43. The molecule has 33 heavy (non-hydrogen) atoms. The van der Waals surface area contributed by atoms with Gasteiger partial charge in [0.2, 0.25) is 0 Å². The Balaban J connectivity index is 1.76. The molecule has 2 atom stereocenters. The number of aryl methyl sites for hydroxylation is 1. The van der Waals surface area contributed by atoms with Crippen LogP contribution in [0.2, 0.25) is 0 Å². The van der Waals surface area contributed by atoms with E-state index in [4.69, 9.17) is 15.2 Å². The second-order valence-corrected chi connectivity index (χ2v) is 10.3. The summed E-state index contributed by atoms with van der Waals surface area (Å²) in [6.07, 6.45) is -2.08. The average Bonchev–Trinajstić information content (AvgIpc) is 2.73. The number of halogens is 3. The van der Waals surface area contributed by atoms with Crippen LogP contribution in [-0.2, 0) is 22.3 Å². The predicted octanol–water partition coefficient (Wildman–Crippen LogP) is 5.85. The van der Waals surface area contributed by atoms with E-state index in [-0.39, 0.29) is 13.1 Å². The molecule has 0 aromatic heterocycles. The van der Waals surface area contributed by atoms with Crippen LogP contribution in [0.15, 0.2) is 53.0 Å².